The maximum Gasteiger partial charge on any atom is 0.357 e. The van der Waals surface area contributed by atoms with Crippen LogP contribution in [0.1, 0.15) is 46.7 Å². The molecule has 0 radical (unpaired) electrons. The summed E-state index contributed by atoms with van der Waals surface area (Å²) in [6.07, 6.45) is 1.19. The number of pyridine rings is 1. The predicted molar refractivity (Wildman–Crippen MR) is 81.9 cm³/mol. The number of ether oxygens (including phenoxy) is 1. The van der Waals surface area contributed by atoms with Crippen molar-refractivity contribution in [3.63, 3.8) is 0 Å². The molecule has 2 unspecified atom stereocenters. The van der Waals surface area contributed by atoms with Gasteiger partial charge in [0.1, 0.15) is 5.82 Å². The van der Waals surface area contributed by atoms with E-state index in [1.807, 2.05) is 0 Å². The van der Waals surface area contributed by atoms with Crippen LogP contribution in [-0.4, -0.2) is 37.1 Å². The zero-order valence-electron chi connectivity index (χ0n) is 13.2. The van der Waals surface area contributed by atoms with Crippen molar-refractivity contribution >= 4 is 17.7 Å². The number of hydrogen-bond donors (Lipinski definition) is 1. The molecule has 6 heteroatoms. The van der Waals surface area contributed by atoms with Gasteiger partial charge in [-0.2, -0.15) is 0 Å². The van der Waals surface area contributed by atoms with E-state index in [1.165, 1.54) is 13.5 Å². The predicted octanol–water partition coefficient (Wildman–Crippen LogP) is 1.59. The summed E-state index contributed by atoms with van der Waals surface area (Å²) in [5.41, 5.74) is 1.43. The maximum absolute atomic E-state index is 12.0. The number of nitrogens with zero attached hydrogens (tertiary/aromatic N) is 2. The number of esters is 1. The van der Waals surface area contributed by atoms with Gasteiger partial charge in [-0.05, 0) is 24.3 Å². The van der Waals surface area contributed by atoms with Gasteiger partial charge in [-0.15, -0.1) is 0 Å². The Balaban J connectivity index is 2.03. The van der Waals surface area contributed by atoms with E-state index in [9.17, 15) is 9.59 Å². The fourth-order valence-corrected chi connectivity index (χ4v) is 3.48. The van der Waals surface area contributed by atoms with Gasteiger partial charge in [0.15, 0.2) is 5.69 Å². The standard InChI is InChI=1S/C16H21N3O3/c1-9-4-10(2)8-19(7-9)13-5-11-12(6-17-15(11)20)14(18-13)16(21)22-3/h5,9-10H,4,6-8H2,1-3H3,(H,17,20). The summed E-state index contributed by atoms with van der Waals surface area (Å²) in [5, 5.41) is 2.75. The number of hydrogen-bond acceptors (Lipinski definition) is 5. The quantitative estimate of drug-likeness (QED) is 0.840. The molecule has 0 bridgehead atoms. The Morgan fingerprint density at radius 2 is 2.05 bits per heavy atom. The molecule has 2 atom stereocenters. The summed E-state index contributed by atoms with van der Waals surface area (Å²) >= 11 is 0. The maximum atomic E-state index is 12.0. The van der Waals surface area contributed by atoms with Crippen molar-refractivity contribution in [1.82, 2.24) is 10.3 Å². The van der Waals surface area contributed by atoms with Gasteiger partial charge in [0.2, 0.25) is 0 Å². The summed E-state index contributed by atoms with van der Waals surface area (Å²) in [7, 11) is 1.33. The molecule has 3 heterocycles. The van der Waals surface area contributed by atoms with E-state index in [2.05, 4.69) is 29.0 Å². The highest BCUT2D eigenvalue weighted by Crippen LogP contribution is 2.29. The molecule has 1 amide bonds. The van der Waals surface area contributed by atoms with Crippen molar-refractivity contribution in [3.05, 3.63) is 22.9 Å². The molecular weight excluding hydrogens is 282 g/mol. The number of carbonyl (C=O) groups excluding carboxylic acids is 2. The molecule has 6 nitrogen and oxygen atoms in total. The molecule has 1 aromatic rings. The van der Waals surface area contributed by atoms with E-state index in [1.54, 1.807) is 6.07 Å². The van der Waals surface area contributed by atoms with Gasteiger partial charge in [0.05, 0.1) is 12.7 Å². The summed E-state index contributed by atoms with van der Waals surface area (Å²) < 4.78 is 4.82. The molecule has 2 aliphatic heterocycles. The summed E-state index contributed by atoms with van der Waals surface area (Å²) in [6, 6.07) is 1.80. The van der Waals surface area contributed by atoms with Crippen molar-refractivity contribution in [1.29, 1.82) is 0 Å². The number of nitrogens with one attached hydrogen (secondary N) is 1. The summed E-state index contributed by atoms with van der Waals surface area (Å²) in [4.78, 5) is 30.6. The molecule has 0 aromatic carbocycles. The number of amides is 1. The largest absolute Gasteiger partial charge is 0.464 e. The second-order valence-electron chi connectivity index (χ2n) is 6.38. The molecule has 22 heavy (non-hydrogen) atoms. The molecule has 0 aliphatic carbocycles. The van der Waals surface area contributed by atoms with Crippen molar-refractivity contribution in [2.45, 2.75) is 26.8 Å². The molecule has 1 N–H and O–H groups in total. The number of aromatic nitrogens is 1. The Labute approximate surface area is 129 Å². The van der Waals surface area contributed by atoms with Gasteiger partial charge in [-0.3, -0.25) is 4.79 Å². The normalized spacial score (nSPS) is 24.0. The van der Waals surface area contributed by atoms with E-state index in [0.717, 1.165) is 13.1 Å². The molecule has 0 spiro atoms. The topological polar surface area (TPSA) is 71.5 Å². The van der Waals surface area contributed by atoms with Crippen LogP contribution in [0, 0.1) is 11.8 Å². The monoisotopic (exact) mass is 303 g/mol. The molecule has 1 fully saturated rings. The number of carbonyl (C=O) groups is 2. The molecule has 1 aromatic heterocycles. The minimum absolute atomic E-state index is 0.151. The molecular formula is C16H21N3O3. The number of methoxy groups -OCH3 is 1. The Morgan fingerprint density at radius 1 is 1.36 bits per heavy atom. The van der Waals surface area contributed by atoms with Crippen LogP contribution in [0.4, 0.5) is 5.82 Å². The van der Waals surface area contributed by atoms with Crippen LogP contribution in [-0.2, 0) is 11.3 Å². The van der Waals surface area contributed by atoms with Crippen LogP contribution in [0.3, 0.4) is 0 Å². The SMILES string of the molecule is COC(=O)c1nc(N2CC(C)CC(C)C2)cc2c1CNC2=O. The molecule has 1 saturated heterocycles. The highest BCUT2D eigenvalue weighted by atomic mass is 16.5. The first-order valence-corrected chi connectivity index (χ1v) is 7.65. The first-order chi connectivity index (χ1) is 10.5. The van der Waals surface area contributed by atoms with Gasteiger partial charge in [-0.25, -0.2) is 9.78 Å². The van der Waals surface area contributed by atoms with E-state index in [-0.39, 0.29) is 11.6 Å². The summed E-state index contributed by atoms with van der Waals surface area (Å²) in [5.74, 6) is 1.17. The lowest BCUT2D eigenvalue weighted by molar-refractivity contribution is 0.0592. The average Bonchev–Trinajstić information content (AvgIpc) is 2.86. The van der Waals surface area contributed by atoms with Crippen molar-refractivity contribution in [3.8, 4) is 0 Å². The Hall–Kier alpha value is -2.11. The van der Waals surface area contributed by atoms with E-state index < -0.39 is 5.97 Å². The zero-order chi connectivity index (χ0) is 15.9. The third-order valence-corrected chi connectivity index (χ3v) is 4.35. The van der Waals surface area contributed by atoms with E-state index >= 15 is 0 Å². The molecule has 3 rings (SSSR count). The van der Waals surface area contributed by atoms with Crippen LogP contribution in [0.2, 0.25) is 0 Å². The lowest BCUT2D eigenvalue weighted by Crippen LogP contribution is -2.39. The minimum atomic E-state index is -0.493. The zero-order valence-corrected chi connectivity index (χ0v) is 13.2. The van der Waals surface area contributed by atoms with Gasteiger partial charge in [0, 0.05) is 25.2 Å². The third kappa shape index (κ3) is 2.53. The Morgan fingerprint density at radius 3 is 2.68 bits per heavy atom. The van der Waals surface area contributed by atoms with Gasteiger partial charge < -0.3 is 15.0 Å². The average molecular weight is 303 g/mol. The summed E-state index contributed by atoms with van der Waals surface area (Å²) in [6.45, 7) is 6.53. The number of piperidine rings is 1. The van der Waals surface area contributed by atoms with Gasteiger partial charge in [0.25, 0.3) is 5.91 Å². The van der Waals surface area contributed by atoms with Crippen LogP contribution >= 0.6 is 0 Å². The van der Waals surface area contributed by atoms with E-state index in [4.69, 9.17) is 4.74 Å². The molecule has 0 saturated carbocycles. The Bertz CT molecular complexity index is 619. The van der Waals surface area contributed by atoms with E-state index in [0.29, 0.717) is 35.3 Å². The number of fused-ring (bicyclic) bond motifs is 1. The first kappa shape index (κ1) is 14.8. The Kier molecular flexibility index (Phi) is 3.76. The first-order valence-electron chi connectivity index (χ1n) is 7.65. The van der Waals surface area contributed by atoms with Crippen molar-refractivity contribution < 1.29 is 14.3 Å². The number of rotatable bonds is 2. The smallest absolute Gasteiger partial charge is 0.357 e. The van der Waals surface area contributed by atoms with Crippen LogP contribution in [0.25, 0.3) is 0 Å². The minimum Gasteiger partial charge on any atom is -0.464 e. The van der Waals surface area contributed by atoms with Crippen molar-refractivity contribution in [2.24, 2.45) is 11.8 Å². The van der Waals surface area contributed by atoms with Crippen LogP contribution in [0.15, 0.2) is 6.07 Å². The second kappa shape index (κ2) is 5.59. The highest BCUT2D eigenvalue weighted by Gasteiger charge is 2.30. The second-order valence-corrected chi connectivity index (χ2v) is 6.38. The third-order valence-electron chi connectivity index (χ3n) is 4.35. The van der Waals surface area contributed by atoms with Crippen LogP contribution < -0.4 is 10.2 Å². The fourth-order valence-electron chi connectivity index (χ4n) is 3.48. The van der Waals surface area contributed by atoms with Gasteiger partial charge >= 0.3 is 5.97 Å². The van der Waals surface area contributed by atoms with Gasteiger partial charge in [-0.1, -0.05) is 13.8 Å². The van der Waals surface area contributed by atoms with Crippen LogP contribution in [0.5, 0.6) is 0 Å². The molecule has 2 aliphatic rings. The number of anilines is 1. The van der Waals surface area contributed by atoms with Crippen molar-refractivity contribution in [2.75, 3.05) is 25.1 Å². The highest BCUT2D eigenvalue weighted by molar-refractivity contribution is 6.03. The fraction of sp³-hybridized carbons (Fsp3) is 0.562. The lowest BCUT2D eigenvalue weighted by atomic mass is 9.92. The lowest BCUT2D eigenvalue weighted by Gasteiger charge is -2.36. The molecule has 118 valence electrons.